The summed E-state index contributed by atoms with van der Waals surface area (Å²) < 4.78 is 10.8. The van der Waals surface area contributed by atoms with Crippen LogP contribution >= 0.6 is 34.5 Å². The molecule has 1 aromatic heterocycles. The van der Waals surface area contributed by atoms with Crippen LogP contribution in [-0.4, -0.2) is 36.1 Å². The molecule has 0 spiro atoms. The zero-order valence-electron chi connectivity index (χ0n) is 15.0. The zero-order valence-corrected chi connectivity index (χ0v) is 17.3. The van der Waals surface area contributed by atoms with E-state index in [9.17, 15) is 4.79 Å². The molecule has 2 rings (SSSR count). The van der Waals surface area contributed by atoms with E-state index in [1.54, 1.807) is 30.2 Å². The maximum absolute atomic E-state index is 12.3. The number of ether oxygens (including phenoxy) is 2. The number of benzene rings is 1. The van der Waals surface area contributed by atoms with Gasteiger partial charge in [0.2, 0.25) is 5.91 Å². The normalized spacial score (nSPS) is 11.0. The highest BCUT2D eigenvalue weighted by Gasteiger charge is 2.18. The maximum atomic E-state index is 12.3. The molecule has 1 heterocycles. The molecule has 5 nitrogen and oxygen atoms in total. The summed E-state index contributed by atoms with van der Waals surface area (Å²) in [6.07, 6.45) is 0. The molecule has 0 saturated heterocycles. The Kier molecular flexibility index (Phi) is 8.15. The SMILES string of the molecule is COCCN(Cc1csc(COc2cc(Cl)ccc2Cl)n1)C(=O)C(C)C. The third-order valence-electron chi connectivity index (χ3n) is 3.57. The minimum absolute atomic E-state index is 0.0710. The van der Waals surface area contributed by atoms with Gasteiger partial charge >= 0.3 is 0 Å². The number of aromatic nitrogens is 1. The lowest BCUT2D eigenvalue weighted by Crippen LogP contribution is -2.36. The van der Waals surface area contributed by atoms with Crippen molar-refractivity contribution in [1.82, 2.24) is 9.88 Å². The number of rotatable bonds is 9. The van der Waals surface area contributed by atoms with Crippen molar-refractivity contribution in [1.29, 1.82) is 0 Å². The van der Waals surface area contributed by atoms with Crippen LogP contribution in [0.5, 0.6) is 5.75 Å². The largest absolute Gasteiger partial charge is 0.485 e. The van der Waals surface area contributed by atoms with E-state index in [2.05, 4.69) is 4.98 Å². The van der Waals surface area contributed by atoms with Crippen LogP contribution in [0.1, 0.15) is 24.5 Å². The van der Waals surface area contributed by atoms with Gasteiger partial charge in [0.15, 0.2) is 0 Å². The van der Waals surface area contributed by atoms with Gasteiger partial charge in [-0.3, -0.25) is 4.79 Å². The number of methoxy groups -OCH3 is 1. The van der Waals surface area contributed by atoms with Crippen LogP contribution in [0.3, 0.4) is 0 Å². The van der Waals surface area contributed by atoms with Crippen LogP contribution in [0.15, 0.2) is 23.6 Å². The Hall–Kier alpha value is -1.34. The number of halogens is 2. The molecule has 26 heavy (non-hydrogen) atoms. The Balaban J connectivity index is 1.99. The lowest BCUT2D eigenvalue weighted by Gasteiger charge is -2.23. The molecule has 0 N–H and O–H groups in total. The lowest BCUT2D eigenvalue weighted by molar-refractivity contribution is -0.135. The highest BCUT2D eigenvalue weighted by atomic mass is 35.5. The standard InChI is InChI=1S/C18H22Cl2N2O3S/c1-12(2)18(23)22(6-7-24-3)9-14-11-26-17(21-14)10-25-16-8-13(19)4-5-15(16)20/h4-5,8,11-12H,6-7,9-10H2,1-3H3. The maximum Gasteiger partial charge on any atom is 0.225 e. The molecule has 1 amide bonds. The van der Waals surface area contributed by atoms with Gasteiger partial charge in [0.1, 0.15) is 17.4 Å². The first-order valence-corrected chi connectivity index (χ1v) is 9.83. The van der Waals surface area contributed by atoms with Crippen molar-refractivity contribution in [2.24, 2.45) is 5.92 Å². The Morgan fingerprint density at radius 2 is 2.12 bits per heavy atom. The molecule has 2 aromatic rings. The van der Waals surface area contributed by atoms with Crippen molar-refractivity contribution in [2.45, 2.75) is 27.0 Å². The van der Waals surface area contributed by atoms with Crippen molar-refractivity contribution in [3.8, 4) is 5.75 Å². The summed E-state index contributed by atoms with van der Waals surface area (Å²) in [5, 5.41) is 3.80. The fraction of sp³-hybridized carbons (Fsp3) is 0.444. The molecule has 8 heteroatoms. The van der Waals surface area contributed by atoms with Gasteiger partial charge in [-0.25, -0.2) is 4.98 Å². The van der Waals surface area contributed by atoms with E-state index >= 15 is 0 Å². The minimum atomic E-state index is -0.0710. The summed E-state index contributed by atoms with van der Waals surface area (Å²) in [4.78, 5) is 18.6. The molecule has 0 aliphatic heterocycles. The lowest BCUT2D eigenvalue weighted by atomic mass is 10.2. The summed E-state index contributed by atoms with van der Waals surface area (Å²) in [5.41, 5.74) is 0.830. The number of nitrogens with zero attached hydrogens (tertiary/aromatic N) is 2. The monoisotopic (exact) mass is 416 g/mol. The fourth-order valence-corrected chi connectivity index (χ4v) is 3.27. The molecule has 0 atom stereocenters. The van der Waals surface area contributed by atoms with E-state index in [1.807, 2.05) is 19.2 Å². The Morgan fingerprint density at radius 1 is 1.35 bits per heavy atom. The third-order valence-corrected chi connectivity index (χ3v) is 4.99. The molecule has 0 saturated carbocycles. The summed E-state index contributed by atoms with van der Waals surface area (Å²) in [6, 6.07) is 5.07. The first-order valence-electron chi connectivity index (χ1n) is 8.19. The summed E-state index contributed by atoms with van der Waals surface area (Å²) in [7, 11) is 1.62. The molecule has 0 aliphatic carbocycles. The van der Waals surface area contributed by atoms with E-state index in [0.717, 1.165) is 10.7 Å². The van der Waals surface area contributed by atoms with Crippen molar-refractivity contribution < 1.29 is 14.3 Å². The van der Waals surface area contributed by atoms with E-state index in [4.69, 9.17) is 32.7 Å². The Labute approximate surface area is 167 Å². The summed E-state index contributed by atoms with van der Waals surface area (Å²) >= 11 is 13.5. The first kappa shape index (κ1) is 21.0. The molecule has 142 valence electrons. The fourth-order valence-electron chi connectivity index (χ4n) is 2.24. The number of carbonyl (C=O) groups is 1. The molecular formula is C18H22Cl2N2O3S. The molecule has 0 fully saturated rings. The highest BCUT2D eigenvalue weighted by molar-refractivity contribution is 7.09. The highest BCUT2D eigenvalue weighted by Crippen LogP contribution is 2.28. The van der Waals surface area contributed by atoms with Crippen LogP contribution in [0, 0.1) is 5.92 Å². The number of amides is 1. The van der Waals surface area contributed by atoms with Gasteiger partial charge in [-0.1, -0.05) is 37.0 Å². The topological polar surface area (TPSA) is 51.7 Å². The number of hydrogen-bond donors (Lipinski definition) is 0. The van der Waals surface area contributed by atoms with Gasteiger partial charge in [0.05, 0.1) is 23.9 Å². The van der Waals surface area contributed by atoms with Crippen LogP contribution in [0.2, 0.25) is 10.0 Å². The van der Waals surface area contributed by atoms with Crippen LogP contribution in [0.4, 0.5) is 0 Å². The number of hydrogen-bond acceptors (Lipinski definition) is 5. The average Bonchev–Trinajstić information content (AvgIpc) is 3.06. The molecule has 0 bridgehead atoms. The van der Waals surface area contributed by atoms with E-state index in [0.29, 0.717) is 42.1 Å². The van der Waals surface area contributed by atoms with Gasteiger partial charge in [-0.15, -0.1) is 11.3 Å². The van der Waals surface area contributed by atoms with Crippen LogP contribution < -0.4 is 4.74 Å². The van der Waals surface area contributed by atoms with E-state index in [-0.39, 0.29) is 11.8 Å². The predicted molar refractivity (Wildman–Crippen MR) is 105 cm³/mol. The second-order valence-corrected chi connectivity index (χ2v) is 7.79. The number of thiazole rings is 1. The molecule has 1 aromatic carbocycles. The summed E-state index contributed by atoms with van der Waals surface area (Å²) in [5.74, 6) is 0.532. The van der Waals surface area contributed by atoms with Crippen molar-refractivity contribution in [2.75, 3.05) is 20.3 Å². The van der Waals surface area contributed by atoms with E-state index in [1.165, 1.54) is 11.3 Å². The quantitative estimate of drug-likeness (QED) is 0.596. The van der Waals surface area contributed by atoms with Gasteiger partial charge in [0.25, 0.3) is 0 Å². The van der Waals surface area contributed by atoms with Crippen molar-refractivity contribution in [3.05, 3.63) is 44.3 Å². The van der Waals surface area contributed by atoms with Gasteiger partial charge < -0.3 is 14.4 Å². The summed E-state index contributed by atoms with van der Waals surface area (Å²) in [6.45, 7) is 5.55. The second-order valence-electron chi connectivity index (χ2n) is 6.00. The third kappa shape index (κ3) is 6.13. The van der Waals surface area contributed by atoms with Crippen LogP contribution in [-0.2, 0) is 22.7 Å². The Bertz CT molecular complexity index is 737. The first-order chi connectivity index (χ1) is 12.4. The second kappa shape index (κ2) is 10.1. The van der Waals surface area contributed by atoms with Crippen molar-refractivity contribution >= 4 is 40.4 Å². The predicted octanol–water partition coefficient (Wildman–Crippen LogP) is 4.66. The van der Waals surface area contributed by atoms with Gasteiger partial charge in [-0.05, 0) is 12.1 Å². The zero-order chi connectivity index (χ0) is 19.1. The van der Waals surface area contributed by atoms with Gasteiger partial charge in [0, 0.05) is 36.0 Å². The Morgan fingerprint density at radius 3 is 2.81 bits per heavy atom. The van der Waals surface area contributed by atoms with Crippen molar-refractivity contribution in [3.63, 3.8) is 0 Å². The average molecular weight is 417 g/mol. The smallest absolute Gasteiger partial charge is 0.225 e. The molecule has 0 aliphatic rings. The van der Waals surface area contributed by atoms with E-state index < -0.39 is 0 Å². The minimum Gasteiger partial charge on any atom is -0.485 e. The molecule has 0 unspecified atom stereocenters. The molecule has 0 radical (unpaired) electrons. The molecular weight excluding hydrogens is 395 g/mol. The van der Waals surface area contributed by atoms with Gasteiger partial charge in [-0.2, -0.15) is 0 Å². The number of carbonyl (C=O) groups excluding carboxylic acids is 1. The van der Waals surface area contributed by atoms with Crippen LogP contribution in [0.25, 0.3) is 0 Å².